The van der Waals surface area contributed by atoms with Crippen molar-refractivity contribution in [3.8, 4) is 0 Å². The minimum absolute atomic E-state index is 0.0401. The van der Waals surface area contributed by atoms with Crippen LogP contribution in [-0.2, 0) is 4.79 Å². The van der Waals surface area contributed by atoms with Crippen molar-refractivity contribution in [2.45, 2.75) is 45.3 Å². The van der Waals surface area contributed by atoms with Gasteiger partial charge < -0.3 is 0 Å². The zero-order chi connectivity index (χ0) is 15.4. The number of amides is 1. The van der Waals surface area contributed by atoms with Crippen molar-refractivity contribution in [1.29, 1.82) is 0 Å². The molecule has 2 rings (SSSR count). The quantitative estimate of drug-likeness (QED) is 0.804. The van der Waals surface area contributed by atoms with Gasteiger partial charge in [-0.05, 0) is 32.4 Å². The highest BCUT2D eigenvalue weighted by Gasteiger charge is 2.30. The lowest BCUT2D eigenvalue weighted by Crippen LogP contribution is -2.47. The Balaban J connectivity index is 2.19. The van der Waals surface area contributed by atoms with Crippen LogP contribution in [0.4, 0.5) is 0 Å². The van der Waals surface area contributed by atoms with Gasteiger partial charge in [-0.3, -0.25) is 15.0 Å². The fourth-order valence-electron chi connectivity index (χ4n) is 3.05. The lowest BCUT2D eigenvalue weighted by atomic mass is 9.99. The van der Waals surface area contributed by atoms with Crippen LogP contribution < -0.4 is 5.32 Å². The van der Waals surface area contributed by atoms with Gasteiger partial charge in [-0.15, -0.1) is 0 Å². The molecule has 2 aliphatic rings. The van der Waals surface area contributed by atoms with Gasteiger partial charge >= 0.3 is 0 Å². The Labute approximate surface area is 127 Å². The van der Waals surface area contributed by atoms with Crippen molar-refractivity contribution >= 4 is 12.6 Å². The molecule has 1 amide bonds. The molecule has 0 aromatic carbocycles. The van der Waals surface area contributed by atoms with Gasteiger partial charge in [0.15, 0.2) is 6.20 Å². The van der Waals surface area contributed by atoms with Crippen LogP contribution in [0.25, 0.3) is 0 Å². The Kier molecular flexibility index (Phi) is 5.12. The first-order valence-electron chi connectivity index (χ1n) is 7.66. The fraction of sp³-hybridized carbons (Fsp3) is 0.529. The number of likely N-dealkylation sites (tertiary alicyclic amines) is 1. The lowest BCUT2D eigenvalue weighted by molar-refractivity contribution is -0.488. The number of allylic oxidation sites excluding steroid dienone is 3. The Morgan fingerprint density at radius 2 is 2.33 bits per heavy atom. The molecule has 2 unspecified atom stereocenters. The minimum Gasteiger partial charge on any atom is -0.296 e. The summed E-state index contributed by atoms with van der Waals surface area (Å²) in [6.07, 6.45) is 9.50. The second kappa shape index (κ2) is 6.85. The number of piperidine rings is 1. The molecule has 114 valence electrons. The molecule has 0 bridgehead atoms. The Bertz CT molecular complexity index is 504. The van der Waals surface area contributed by atoms with Crippen LogP contribution in [0.5, 0.6) is 0 Å². The predicted molar refractivity (Wildman–Crippen MR) is 86.2 cm³/mol. The van der Waals surface area contributed by atoms with Gasteiger partial charge in [0.1, 0.15) is 6.72 Å². The van der Waals surface area contributed by atoms with E-state index < -0.39 is 0 Å². The number of rotatable bonds is 4. The molecule has 2 heterocycles. The van der Waals surface area contributed by atoms with E-state index >= 15 is 0 Å². The van der Waals surface area contributed by atoms with E-state index in [-0.39, 0.29) is 12.1 Å². The van der Waals surface area contributed by atoms with Crippen molar-refractivity contribution < 1.29 is 9.37 Å². The average Bonchev–Trinajstić information content (AvgIpc) is 2.44. The van der Waals surface area contributed by atoms with Crippen LogP contribution in [0.15, 0.2) is 36.1 Å². The third kappa shape index (κ3) is 3.91. The van der Waals surface area contributed by atoms with Crippen molar-refractivity contribution in [1.82, 2.24) is 10.2 Å². The predicted octanol–water partition coefficient (Wildman–Crippen LogP) is 2.05. The number of nitrogens with one attached hydrogen (secondary N) is 1. The number of carbonyl (C=O) groups excluding carboxylic acids is 1. The molecule has 0 aromatic heterocycles. The van der Waals surface area contributed by atoms with E-state index in [1.165, 1.54) is 24.8 Å². The summed E-state index contributed by atoms with van der Waals surface area (Å²) in [6, 6.07) is 0.592. The fourth-order valence-corrected chi connectivity index (χ4v) is 3.05. The lowest BCUT2D eigenvalue weighted by Gasteiger charge is -2.35. The first-order valence-corrected chi connectivity index (χ1v) is 7.66. The number of carbonyl (C=O) groups is 1. The molecule has 2 atom stereocenters. The SMILES string of the molecule is C=CC1=C[N+](=C)C(NC(C)=O)C(CN2CCCCC2C)=C1. The van der Waals surface area contributed by atoms with Gasteiger partial charge in [-0.2, -0.15) is 4.58 Å². The van der Waals surface area contributed by atoms with Gasteiger partial charge in [-0.1, -0.05) is 19.1 Å². The minimum atomic E-state index is -0.166. The standard InChI is InChI=1S/C17H25N3O/c1-5-15-10-16(12-20-9-7-6-8-13(20)2)17(18-14(3)21)19(4)11-15/h5,10-11,13,17H,1,4,6-9,12H2,2-3H3/p+1. The van der Waals surface area contributed by atoms with E-state index in [0.29, 0.717) is 6.04 Å². The smallest absolute Gasteiger partial charge is 0.256 e. The molecule has 2 aliphatic heterocycles. The van der Waals surface area contributed by atoms with E-state index in [4.69, 9.17) is 0 Å². The molecule has 4 nitrogen and oxygen atoms in total. The van der Waals surface area contributed by atoms with E-state index in [9.17, 15) is 4.79 Å². The monoisotopic (exact) mass is 288 g/mol. The van der Waals surface area contributed by atoms with Crippen LogP contribution in [0.2, 0.25) is 0 Å². The number of hydrogen-bond acceptors (Lipinski definition) is 2. The van der Waals surface area contributed by atoms with Crippen molar-refractivity contribution in [2.24, 2.45) is 0 Å². The summed E-state index contributed by atoms with van der Waals surface area (Å²) in [6.45, 7) is 13.7. The average molecular weight is 288 g/mol. The molecule has 0 radical (unpaired) electrons. The maximum Gasteiger partial charge on any atom is 0.256 e. The number of hydrogen-bond donors (Lipinski definition) is 1. The highest BCUT2D eigenvalue weighted by atomic mass is 16.1. The third-order valence-corrected chi connectivity index (χ3v) is 4.25. The highest BCUT2D eigenvalue weighted by molar-refractivity contribution is 5.73. The Morgan fingerprint density at radius 3 is 2.95 bits per heavy atom. The van der Waals surface area contributed by atoms with Crippen LogP contribution in [0.1, 0.15) is 33.1 Å². The molecular weight excluding hydrogens is 262 g/mol. The molecule has 0 saturated carbocycles. The number of nitrogens with zero attached hydrogens (tertiary/aromatic N) is 2. The summed E-state index contributed by atoms with van der Waals surface area (Å²) in [5.74, 6) is -0.0401. The van der Waals surface area contributed by atoms with E-state index in [1.54, 1.807) is 6.92 Å². The summed E-state index contributed by atoms with van der Waals surface area (Å²) in [4.78, 5) is 14.0. The molecule has 0 aliphatic carbocycles. The molecular formula is C17H26N3O+. The largest absolute Gasteiger partial charge is 0.296 e. The van der Waals surface area contributed by atoms with Gasteiger partial charge in [0.05, 0.1) is 0 Å². The normalized spacial score (nSPS) is 26.9. The highest BCUT2D eigenvalue weighted by Crippen LogP contribution is 2.22. The Hall–Kier alpha value is -1.68. The van der Waals surface area contributed by atoms with Crippen molar-refractivity contribution in [3.05, 3.63) is 36.1 Å². The maximum atomic E-state index is 11.5. The summed E-state index contributed by atoms with van der Waals surface area (Å²) >= 11 is 0. The molecule has 1 saturated heterocycles. The first kappa shape index (κ1) is 15.7. The Morgan fingerprint density at radius 1 is 1.57 bits per heavy atom. The molecule has 4 heteroatoms. The zero-order valence-electron chi connectivity index (χ0n) is 13.1. The van der Waals surface area contributed by atoms with Crippen LogP contribution in [0.3, 0.4) is 0 Å². The summed E-state index contributed by atoms with van der Waals surface area (Å²) in [5, 5.41) is 2.98. The molecule has 1 fully saturated rings. The van der Waals surface area contributed by atoms with Gasteiger partial charge in [0.2, 0.25) is 5.91 Å². The molecule has 0 aromatic rings. The second-order valence-electron chi connectivity index (χ2n) is 5.99. The van der Waals surface area contributed by atoms with Gasteiger partial charge in [0, 0.05) is 30.7 Å². The summed E-state index contributed by atoms with van der Waals surface area (Å²) in [5.41, 5.74) is 2.21. The van der Waals surface area contributed by atoms with Crippen LogP contribution in [0, 0.1) is 0 Å². The van der Waals surface area contributed by atoms with Crippen molar-refractivity contribution in [3.63, 3.8) is 0 Å². The zero-order valence-corrected chi connectivity index (χ0v) is 13.1. The third-order valence-electron chi connectivity index (χ3n) is 4.25. The van der Waals surface area contributed by atoms with Crippen LogP contribution in [-0.4, -0.2) is 47.4 Å². The van der Waals surface area contributed by atoms with Crippen LogP contribution >= 0.6 is 0 Å². The van der Waals surface area contributed by atoms with E-state index in [1.807, 2.05) is 16.9 Å². The topological polar surface area (TPSA) is 35.4 Å². The molecule has 0 spiro atoms. The van der Waals surface area contributed by atoms with E-state index in [0.717, 1.165) is 18.7 Å². The molecule has 1 N–H and O–H groups in total. The summed E-state index contributed by atoms with van der Waals surface area (Å²) < 4.78 is 1.81. The molecule has 21 heavy (non-hydrogen) atoms. The van der Waals surface area contributed by atoms with Gasteiger partial charge in [-0.25, -0.2) is 0 Å². The summed E-state index contributed by atoms with van der Waals surface area (Å²) in [7, 11) is 0. The second-order valence-corrected chi connectivity index (χ2v) is 5.99. The van der Waals surface area contributed by atoms with E-state index in [2.05, 4.69) is 36.5 Å². The maximum absolute atomic E-state index is 11.5. The van der Waals surface area contributed by atoms with Crippen molar-refractivity contribution in [2.75, 3.05) is 13.1 Å². The first-order chi connectivity index (χ1) is 10.0. The van der Waals surface area contributed by atoms with Gasteiger partial charge in [0.25, 0.3) is 6.17 Å².